The van der Waals surface area contributed by atoms with Crippen LogP contribution in [0.15, 0.2) is 71.5 Å². The highest BCUT2D eigenvalue weighted by Crippen LogP contribution is 2.18. The van der Waals surface area contributed by atoms with Crippen LogP contribution < -0.4 is 16.4 Å². The fraction of sp³-hybridized carbons (Fsp3) is 0.250. The maximum atomic E-state index is 6.43. The lowest BCUT2D eigenvalue weighted by molar-refractivity contribution is 0.338. The van der Waals surface area contributed by atoms with Gasteiger partial charge in [-0.3, -0.25) is 10.7 Å². The third-order valence-electron chi connectivity index (χ3n) is 4.28. The van der Waals surface area contributed by atoms with Crippen LogP contribution in [0, 0.1) is 0 Å². The van der Waals surface area contributed by atoms with Crippen LogP contribution in [0.1, 0.15) is 30.5 Å². The molecule has 0 saturated heterocycles. The summed E-state index contributed by atoms with van der Waals surface area (Å²) >= 11 is 5.93. The van der Waals surface area contributed by atoms with E-state index in [1.54, 1.807) is 6.21 Å². The number of halogens is 1. The zero-order valence-electron chi connectivity index (χ0n) is 14.2. The van der Waals surface area contributed by atoms with Crippen LogP contribution in [0.5, 0.6) is 0 Å². The van der Waals surface area contributed by atoms with E-state index in [1.807, 2.05) is 48.5 Å². The third-order valence-corrected chi connectivity index (χ3v) is 4.53. The van der Waals surface area contributed by atoms with Gasteiger partial charge in [0.2, 0.25) is 0 Å². The lowest BCUT2D eigenvalue weighted by Gasteiger charge is -2.32. The molecular formula is C20H23ClN4. The standard InChI is InChI=1S/C20H23ClN4/c1-15(17-5-3-2-4-6-17)24-19-12-14-23-20(22,25-19)13-11-16-7-9-18(21)10-8-16/h2-10,12,14-15,24-25H,11,13,22H2,1H3. The maximum Gasteiger partial charge on any atom is 0.183 e. The van der Waals surface area contributed by atoms with Gasteiger partial charge in [-0.2, -0.15) is 0 Å². The Kier molecular flexibility index (Phi) is 5.41. The molecule has 0 saturated carbocycles. The number of rotatable bonds is 6. The summed E-state index contributed by atoms with van der Waals surface area (Å²) in [7, 11) is 0. The second-order valence-electron chi connectivity index (χ2n) is 6.31. The van der Waals surface area contributed by atoms with E-state index in [1.165, 1.54) is 11.1 Å². The van der Waals surface area contributed by atoms with Gasteiger partial charge >= 0.3 is 0 Å². The van der Waals surface area contributed by atoms with Gasteiger partial charge in [0.05, 0.1) is 0 Å². The Morgan fingerprint density at radius 3 is 2.60 bits per heavy atom. The molecule has 2 unspecified atom stereocenters. The van der Waals surface area contributed by atoms with Crippen LogP contribution in [0.25, 0.3) is 0 Å². The Labute approximate surface area is 153 Å². The number of hydrogen-bond donors (Lipinski definition) is 3. The number of allylic oxidation sites excluding steroid dienone is 1. The van der Waals surface area contributed by atoms with E-state index in [4.69, 9.17) is 17.3 Å². The van der Waals surface area contributed by atoms with E-state index >= 15 is 0 Å². The topological polar surface area (TPSA) is 62.4 Å². The van der Waals surface area contributed by atoms with Gasteiger partial charge in [-0.15, -0.1) is 0 Å². The van der Waals surface area contributed by atoms with Gasteiger partial charge in [0.15, 0.2) is 5.79 Å². The summed E-state index contributed by atoms with van der Waals surface area (Å²) in [5.74, 6) is 0.0672. The van der Waals surface area contributed by atoms with Crippen molar-refractivity contribution < 1.29 is 0 Å². The zero-order chi connectivity index (χ0) is 17.7. The van der Waals surface area contributed by atoms with Gasteiger partial charge < -0.3 is 10.6 Å². The smallest absolute Gasteiger partial charge is 0.183 e. The van der Waals surface area contributed by atoms with Crippen molar-refractivity contribution in [2.75, 3.05) is 0 Å². The van der Waals surface area contributed by atoms with E-state index in [0.717, 1.165) is 17.3 Å². The number of benzene rings is 2. The van der Waals surface area contributed by atoms with Crippen LogP contribution in [-0.4, -0.2) is 12.0 Å². The quantitative estimate of drug-likeness (QED) is 0.740. The van der Waals surface area contributed by atoms with Gasteiger partial charge in [-0.1, -0.05) is 54.1 Å². The van der Waals surface area contributed by atoms with Crippen molar-refractivity contribution >= 4 is 17.8 Å². The minimum absolute atomic E-state index is 0.173. The van der Waals surface area contributed by atoms with Crippen LogP contribution in [0.3, 0.4) is 0 Å². The second kappa shape index (κ2) is 7.72. The van der Waals surface area contributed by atoms with Gasteiger partial charge in [0.1, 0.15) is 5.82 Å². The predicted molar refractivity (Wildman–Crippen MR) is 104 cm³/mol. The molecule has 0 amide bonds. The van der Waals surface area contributed by atoms with Gasteiger partial charge in [-0.05, 0) is 42.7 Å². The minimum Gasteiger partial charge on any atom is -0.365 e. The third kappa shape index (κ3) is 4.84. The summed E-state index contributed by atoms with van der Waals surface area (Å²) in [5.41, 5.74) is 8.83. The molecular weight excluding hydrogens is 332 g/mol. The molecule has 2 atom stereocenters. The summed E-state index contributed by atoms with van der Waals surface area (Å²) < 4.78 is 0. The molecule has 0 aliphatic carbocycles. The fourth-order valence-corrected chi connectivity index (χ4v) is 2.93. The van der Waals surface area contributed by atoms with E-state index in [9.17, 15) is 0 Å². The van der Waals surface area contributed by atoms with Crippen molar-refractivity contribution in [3.63, 3.8) is 0 Å². The zero-order valence-corrected chi connectivity index (χ0v) is 15.0. The van der Waals surface area contributed by atoms with E-state index in [-0.39, 0.29) is 6.04 Å². The van der Waals surface area contributed by atoms with Gasteiger partial charge in [0.25, 0.3) is 0 Å². The molecule has 0 radical (unpaired) electrons. The number of nitrogens with two attached hydrogens (primary N) is 1. The first-order chi connectivity index (χ1) is 12.0. The van der Waals surface area contributed by atoms with Gasteiger partial charge in [0, 0.05) is 23.7 Å². The molecule has 4 N–H and O–H groups in total. The first kappa shape index (κ1) is 17.5. The first-order valence-corrected chi connectivity index (χ1v) is 8.80. The molecule has 0 spiro atoms. The van der Waals surface area contributed by atoms with E-state index < -0.39 is 5.79 Å². The number of hydrogen-bond acceptors (Lipinski definition) is 4. The molecule has 2 aromatic rings. The van der Waals surface area contributed by atoms with E-state index in [0.29, 0.717) is 6.42 Å². The second-order valence-corrected chi connectivity index (χ2v) is 6.75. The molecule has 0 bridgehead atoms. The highest BCUT2D eigenvalue weighted by atomic mass is 35.5. The minimum atomic E-state index is -0.812. The summed E-state index contributed by atoms with van der Waals surface area (Å²) in [6.07, 6.45) is 5.18. The Hall–Kier alpha value is -2.30. The number of aliphatic imine (C=N–C) groups is 1. The molecule has 1 aliphatic rings. The number of nitrogens with zero attached hydrogens (tertiary/aromatic N) is 1. The highest BCUT2D eigenvalue weighted by molar-refractivity contribution is 6.30. The first-order valence-electron chi connectivity index (χ1n) is 8.43. The molecule has 130 valence electrons. The number of aryl methyl sites for hydroxylation is 1. The highest BCUT2D eigenvalue weighted by Gasteiger charge is 2.26. The molecule has 25 heavy (non-hydrogen) atoms. The van der Waals surface area contributed by atoms with Gasteiger partial charge in [-0.25, -0.2) is 0 Å². The SMILES string of the molecule is CC(NC1=CC=NC(N)(CCc2ccc(Cl)cc2)N1)c1ccccc1. The van der Waals surface area contributed by atoms with E-state index in [2.05, 4.69) is 34.7 Å². The monoisotopic (exact) mass is 354 g/mol. The normalized spacial score (nSPS) is 20.5. The average Bonchev–Trinajstić information content (AvgIpc) is 2.62. The van der Waals surface area contributed by atoms with Crippen LogP contribution in [0.2, 0.25) is 5.02 Å². The summed E-state index contributed by atoms with van der Waals surface area (Å²) in [6, 6.07) is 18.3. The van der Waals surface area contributed by atoms with Crippen molar-refractivity contribution in [1.82, 2.24) is 10.6 Å². The Morgan fingerprint density at radius 1 is 1.16 bits per heavy atom. The van der Waals surface area contributed by atoms with Crippen LogP contribution >= 0.6 is 11.6 Å². The summed E-state index contributed by atoms with van der Waals surface area (Å²) in [4.78, 5) is 4.42. The largest absolute Gasteiger partial charge is 0.365 e. The molecule has 0 aromatic heterocycles. The molecule has 5 heteroatoms. The lowest BCUT2D eigenvalue weighted by Crippen LogP contribution is -2.55. The van der Waals surface area contributed by atoms with Crippen molar-refractivity contribution in [2.45, 2.75) is 31.6 Å². The maximum absolute atomic E-state index is 6.43. The van der Waals surface area contributed by atoms with Crippen molar-refractivity contribution in [1.29, 1.82) is 0 Å². The Morgan fingerprint density at radius 2 is 1.88 bits per heavy atom. The van der Waals surface area contributed by atoms with Crippen molar-refractivity contribution in [2.24, 2.45) is 10.7 Å². The molecule has 0 fully saturated rings. The fourth-order valence-electron chi connectivity index (χ4n) is 2.81. The van der Waals surface area contributed by atoms with Crippen molar-refractivity contribution in [3.05, 3.63) is 82.6 Å². The van der Waals surface area contributed by atoms with Crippen molar-refractivity contribution in [3.8, 4) is 0 Å². The molecule has 3 rings (SSSR count). The molecule has 2 aromatic carbocycles. The lowest BCUT2D eigenvalue weighted by atomic mass is 10.1. The summed E-state index contributed by atoms with van der Waals surface area (Å²) in [6.45, 7) is 2.12. The Bertz CT molecular complexity index is 755. The average molecular weight is 355 g/mol. The van der Waals surface area contributed by atoms with Crippen LogP contribution in [-0.2, 0) is 6.42 Å². The molecule has 1 aliphatic heterocycles. The molecule has 4 nitrogen and oxygen atoms in total. The Balaban J connectivity index is 1.59. The molecule has 1 heterocycles. The number of nitrogens with one attached hydrogen (secondary N) is 2. The predicted octanol–water partition coefficient (Wildman–Crippen LogP) is 3.75. The van der Waals surface area contributed by atoms with Crippen LogP contribution in [0.4, 0.5) is 0 Å². The summed E-state index contributed by atoms with van der Waals surface area (Å²) in [5, 5.41) is 7.51.